The van der Waals surface area contributed by atoms with Crippen molar-refractivity contribution in [2.75, 3.05) is 11.8 Å². The number of benzene rings is 1. The van der Waals surface area contributed by atoms with Crippen LogP contribution in [0.2, 0.25) is 5.15 Å². The third-order valence-corrected chi connectivity index (χ3v) is 3.94. The molecule has 0 saturated carbocycles. The van der Waals surface area contributed by atoms with Crippen LogP contribution in [0.5, 0.6) is 5.88 Å². The van der Waals surface area contributed by atoms with Crippen molar-refractivity contribution in [3.05, 3.63) is 41.0 Å². The summed E-state index contributed by atoms with van der Waals surface area (Å²) in [4.78, 5) is 7.57. The van der Waals surface area contributed by atoms with Gasteiger partial charge in [0.1, 0.15) is 5.15 Å². The lowest BCUT2D eigenvalue weighted by molar-refractivity contribution is 0.397. The van der Waals surface area contributed by atoms with Gasteiger partial charge in [-0.1, -0.05) is 11.6 Å². The summed E-state index contributed by atoms with van der Waals surface area (Å²) in [5.74, 6) is -0.0729. The van der Waals surface area contributed by atoms with Gasteiger partial charge in [-0.25, -0.2) is 18.1 Å². The molecule has 1 aromatic carbocycles. The summed E-state index contributed by atoms with van der Waals surface area (Å²) in [5.41, 5.74) is 0.356. The second kappa shape index (κ2) is 5.95. The fraction of sp³-hybridized carbons (Fsp3) is 0.0833. The SMILES string of the molecule is COc1cc(Cl)nc(NS(=O)(=O)c2ccc(C#N)cc2)n1. The molecule has 0 aliphatic carbocycles. The van der Waals surface area contributed by atoms with E-state index in [2.05, 4.69) is 14.7 Å². The second-order valence-electron chi connectivity index (χ2n) is 3.80. The van der Waals surface area contributed by atoms with Gasteiger partial charge in [-0.3, -0.25) is 0 Å². The smallest absolute Gasteiger partial charge is 0.264 e. The number of nitrogens with one attached hydrogen (secondary N) is 1. The number of sulfonamides is 1. The molecule has 9 heteroatoms. The summed E-state index contributed by atoms with van der Waals surface area (Å²) in [5, 5.41) is 8.73. The monoisotopic (exact) mass is 324 g/mol. The van der Waals surface area contributed by atoms with Crippen molar-refractivity contribution in [1.29, 1.82) is 5.26 Å². The molecule has 7 nitrogen and oxygen atoms in total. The van der Waals surface area contributed by atoms with E-state index in [9.17, 15) is 8.42 Å². The summed E-state index contributed by atoms with van der Waals surface area (Å²) in [6.07, 6.45) is 0. The lowest BCUT2D eigenvalue weighted by atomic mass is 10.2. The summed E-state index contributed by atoms with van der Waals surface area (Å²) in [6, 6.07) is 8.66. The Kier molecular flexibility index (Phi) is 4.26. The quantitative estimate of drug-likeness (QED) is 0.860. The van der Waals surface area contributed by atoms with E-state index in [1.807, 2.05) is 6.07 Å². The highest BCUT2D eigenvalue weighted by Gasteiger charge is 2.16. The molecule has 2 aromatic rings. The lowest BCUT2D eigenvalue weighted by Crippen LogP contribution is -2.15. The van der Waals surface area contributed by atoms with E-state index in [4.69, 9.17) is 21.6 Å². The van der Waals surface area contributed by atoms with Gasteiger partial charge < -0.3 is 4.74 Å². The highest BCUT2D eigenvalue weighted by molar-refractivity contribution is 7.92. The van der Waals surface area contributed by atoms with Crippen molar-refractivity contribution in [3.63, 3.8) is 0 Å². The molecule has 0 spiro atoms. The van der Waals surface area contributed by atoms with E-state index in [1.54, 1.807) is 0 Å². The Morgan fingerprint density at radius 3 is 2.52 bits per heavy atom. The maximum Gasteiger partial charge on any atom is 0.264 e. The highest BCUT2D eigenvalue weighted by atomic mass is 35.5. The summed E-state index contributed by atoms with van der Waals surface area (Å²) < 4.78 is 31.4. The maximum atomic E-state index is 12.2. The molecule has 0 atom stereocenters. The van der Waals surface area contributed by atoms with Gasteiger partial charge in [0.25, 0.3) is 10.0 Å². The average Bonchev–Trinajstić information content (AvgIpc) is 2.46. The van der Waals surface area contributed by atoms with Crippen LogP contribution in [0.4, 0.5) is 5.95 Å². The molecule has 0 bridgehead atoms. The number of aromatic nitrogens is 2. The van der Waals surface area contributed by atoms with Gasteiger partial charge in [0.15, 0.2) is 0 Å². The number of nitrogens with zero attached hydrogens (tertiary/aromatic N) is 3. The zero-order chi connectivity index (χ0) is 15.5. The zero-order valence-corrected chi connectivity index (χ0v) is 12.3. The third-order valence-electron chi connectivity index (χ3n) is 2.40. The minimum Gasteiger partial charge on any atom is -0.481 e. The largest absolute Gasteiger partial charge is 0.481 e. The molecule has 2 rings (SSSR count). The Hall–Kier alpha value is -2.37. The lowest BCUT2D eigenvalue weighted by Gasteiger charge is -2.08. The molecule has 108 valence electrons. The second-order valence-corrected chi connectivity index (χ2v) is 5.87. The molecule has 0 aliphatic heterocycles. The Morgan fingerprint density at radius 2 is 1.95 bits per heavy atom. The van der Waals surface area contributed by atoms with Crippen LogP contribution in [0.3, 0.4) is 0 Å². The molecule has 0 aliphatic rings. The number of hydrogen-bond acceptors (Lipinski definition) is 6. The van der Waals surface area contributed by atoms with Crippen LogP contribution >= 0.6 is 11.6 Å². The number of ether oxygens (including phenoxy) is 1. The van der Waals surface area contributed by atoms with Crippen LogP contribution in [0.1, 0.15) is 5.56 Å². The van der Waals surface area contributed by atoms with Crippen molar-refractivity contribution < 1.29 is 13.2 Å². The van der Waals surface area contributed by atoms with Crippen molar-refractivity contribution in [1.82, 2.24) is 9.97 Å². The third kappa shape index (κ3) is 3.59. The molecule has 0 amide bonds. The first-order chi connectivity index (χ1) is 9.94. The molecule has 1 heterocycles. The van der Waals surface area contributed by atoms with Gasteiger partial charge in [-0.05, 0) is 24.3 Å². The Bertz CT molecular complexity index is 800. The molecular formula is C12H9ClN4O3S. The van der Waals surface area contributed by atoms with Crippen molar-refractivity contribution in [2.24, 2.45) is 0 Å². The standard InChI is InChI=1S/C12H9ClN4O3S/c1-20-11-6-10(13)15-12(16-11)17-21(18,19)9-4-2-8(7-14)3-5-9/h2-6H,1H3,(H,15,16,17). The van der Waals surface area contributed by atoms with Gasteiger partial charge in [0.2, 0.25) is 11.8 Å². The van der Waals surface area contributed by atoms with Gasteiger partial charge in [0, 0.05) is 6.07 Å². The normalized spacial score (nSPS) is 10.7. The topological polar surface area (TPSA) is 105 Å². The number of anilines is 1. The van der Waals surface area contributed by atoms with Crippen LogP contribution in [-0.2, 0) is 10.0 Å². The van der Waals surface area contributed by atoms with E-state index in [0.29, 0.717) is 5.56 Å². The molecule has 0 unspecified atom stereocenters. The fourth-order valence-corrected chi connectivity index (χ4v) is 2.55. The molecule has 21 heavy (non-hydrogen) atoms. The Morgan fingerprint density at radius 1 is 1.29 bits per heavy atom. The number of halogens is 1. The first kappa shape index (κ1) is 15.0. The molecule has 0 saturated heterocycles. The number of methoxy groups -OCH3 is 1. The minimum atomic E-state index is -3.88. The molecule has 1 N–H and O–H groups in total. The van der Waals surface area contributed by atoms with Crippen LogP contribution in [0.15, 0.2) is 35.2 Å². The average molecular weight is 325 g/mol. The predicted octanol–water partition coefficient (Wildman–Crippen LogP) is 1.81. The van der Waals surface area contributed by atoms with Gasteiger partial charge >= 0.3 is 0 Å². The maximum absolute atomic E-state index is 12.2. The summed E-state index contributed by atoms with van der Waals surface area (Å²) in [6.45, 7) is 0. The van der Waals surface area contributed by atoms with E-state index in [1.165, 1.54) is 37.4 Å². The Balaban J connectivity index is 2.32. The van der Waals surface area contributed by atoms with E-state index in [-0.39, 0.29) is 21.9 Å². The van der Waals surface area contributed by atoms with E-state index < -0.39 is 10.0 Å². The van der Waals surface area contributed by atoms with Gasteiger partial charge in [0.05, 0.1) is 23.6 Å². The van der Waals surface area contributed by atoms with Crippen LogP contribution < -0.4 is 9.46 Å². The van der Waals surface area contributed by atoms with Crippen LogP contribution in [0.25, 0.3) is 0 Å². The predicted molar refractivity (Wildman–Crippen MR) is 75.6 cm³/mol. The molecule has 1 aromatic heterocycles. The first-order valence-corrected chi connectivity index (χ1v) is 7.42. The van der Waals surface area contributed by atoms with Crippen molar-refractivity contribution in [3.8, 4) is 11.9 Å². The van der Waals surface area contributed by atoms with Crippen molar-refractivity contribution >= 4 is 27.6 Å². The van der Waals surface area contributed by atoms with Gasteiger partial charge in [-0.2, -0.15) is 10.2 Å². The van der Waals surface area contributed by atoms with Crippen LogP contribution in [0, 0.1) is 11.3 Å². The number of hydrogen-bond donors (Lipinski definition) is 1. The molecular weight excluding hydrogens is 316 g/mol. The van der Waals surface area contributed by atoms with Crippen LogP contribution in [-0.4, -0.2) is 25.5 Å². The summed E-state index contributed by atoms with van der Waals surface area (Å²) in [7, 11) is -2.51. The fourth-order valence-electron chi connectivity index (χ4n) is 1.43. The zero-order valence-electron chi connectivity index (χ0n) is 10.7. The minimum absolute atomic E-state index is 0.0240. The number of nitriles is 1. The van der Waals surface area contributed by atoms with E-state index >= 15 is 0 Å². The highest BCUT2D eigenvalue weighted by Crippen LogP contribution is 2.19. The molecule has 0 fully saturated rings. The first-order valence-electron chi connectivity index (χ1n) is 5.56. The van der Waals surface area contributed by atoms with Gasteiger partial charge in [-0.15, -0.1) is 0 Å². The van der Waals surface area contributed by atoms with E-state index in [0.717, 1.165) is 0 Å². The van der Waals surface area contributed by atoms with Crippen molar-refractivity contribution in [2.45, 2.75) is 4.90 Å². The Labute approximate surface area is 126 Å². The number of rotatable bonds is 4. The summed E-state index contributed by atoms with van der Waals surface area (Å²) >= 11 is 5.74. The molecule has 0 radical (unpaired) electrons.